The molecule has 0 aromatic heterocycles. The van der Waals surface area contributed by atoms with E-state index in [1.807, 2.05) is 0 Å². The molecule has 1 aliphatic rings. The molecule has 0 spiro atoms. The first-order valence-corrected chi connectivity index (χ1v) is 6.66. The van der Waals surface area contributed by atoms with Gasteiger partial charge in [-0.05, 0) is 0 Å². The second-order valence-electron chi connectivity index (χ2n) is 2.93. The van der Waals surface area contributed by atoms with Crippen molar-refractivity contribution in [1.82, 2.24) is 5.43 Å². The molecule has 1 aliphatic heterocycles. The lowest BCUT2D eigenvalue weighted by Gasteiger charge is -2.04. The van der Waals surface area contributed by atoms with E-state index in [-0.39, 0.29) is 22.1 Å². The van der Waals surface area contributed by atoms with Crippen LogP contribution in [0.4, 0.5) is 0 Å². The molecule has 15 heavy (non-hydrogen) atoms. The average Bonchev–Trinajstić information content (AvgIpc) is 2.42. The third kappa shape index (κ3) is 4.34. The largest absolute Gasteiger partial charge is 0.377 e. The third-order valence-corrected chi connectivity index (χ3v) is 4.06. The van der Waals surface area contributed by atoms with E-state index in [0.29, 0.717) is 0 Å². The lowest BCUT2D eigenvalue weighted by Crippen LogP contribution is -2.21. The highest BCUT2D eigenvalue weighted by Crippen LogP contribution is 2.21. The van der Waals surface area contributed by atoms with Crippen LogP contribution in [0.3, 0.4) is 0 Å². The highest BCUT2D eigenvalue weighted by atomic mass is 32.2. The highest BCUT2D eigenvalue weighted by molar-refractivity contribution is 8.15. The molecular weight excluding hydrogens is 238 g/mol. The Bertz CT molecular complexity index is 413. The quantitative estimate of drug-likeness (QED) is 0.386. The molecule has 1 atom stereocenters. The molecule has 0 bridgehead atoms. The number of hydrogen-bond acceptors (Lipinski definition) is 5. The van der Waals surface area contributed by atoms with Crippen LogP contribution in [-0.2, 0) is 14.6 Å². The molecule has 6 nitrogen and oxygen atoms in total. The Labute approximate surface area is 91.9 Å². The SMILES string of the molecule is CC(=O)N/N=C(/N)SC1C=CS(=O)(=O)C1. The first-order chi connectivity index (χ1) is 6.89. The molecule has 1 unspecified atom stereocenters. The maximum absolute atomic E-state index is 11.0. The molecule has 0 fully saturated rings. The van der Waals surface area contributed by atoms with Crippen molar-refractivity contribution >= 4 is 32.7 Å². The fourth-order valence-electron chi connectivity index (χ4n) is 0.936. The molecule has 84 valence electrons. The Morgan fingerprint density at radius 1 is 1.67 bits per heavy atom. The number of nitrogens with zero attached hydrogens (tertiary/aromatic N) is 1. The van der Waals surface area contributed by atoms with Crippen molar-refractivity contribution < 1.29 is 13.2 Å². The molecule has 0 saturated heterocycles. The first-order valence-electron chi connectivity index (χ1n) is 4.06. The maximum atomic E-state index is 11.0. The number of rotatable bonds is 2. The smallest absolute Gasteiger partial charge is 0.237 e. The minimum absolute atomic E-state index is 0.0218. The number of carbonyl (C=O) groups excluding carboxylic acids is 1. The number of hydrogen-bond donors (Lipinski definition) is 2. The van der Waals surface area contributed by atoms with E-state index in [1.54, 1.807) is 6.08 Å². The van der Waals surface area contributed by atoms with Crippen molar-refractivity contribution in [2.24, 2.45) is 10.8 Å². The van der Waals surface area contributed by atoms with Crippen molar-refractivity contribution in [2.75, 3.05) is 5.75 Å². The summed E-state index contributed by atoms with van der Waals surface area (Å²) < 4.78 is 22.1. The summed E-state index contributed by atoms with van der Waals surface area (Å²) in [5.41, 5.74) is 7.63. The summed E-state index contributed by atoms with van der Waals surface area (Å²) in [5.74, 6) is -0.304. The summed E-state index contributed by atoms with van der Waals surface area (Å²) in [6, 6.07) is 0. The van der Waals surface area contributed by atoms with E-state index in [0.717, 1.165) is 17.2 Å². The molecule has 1 amide bonds. The third-order valence-electron chi connectivity index (χ3n) is 1.49. The Hall–Kier alpha value is -1.02. The normalized spacial score (nSPS) is 24.1. The van der Waals surface area contributed by atoms with E-state index >= 15 is 0 Å². The molecule has 0 aromatic rings. The fourth-order valence-corrected chi connectivity index (χ4v) is 3.55. The van der Waals surface area contributed by atoms with Crippen LogP contribution in [0.2, 0.25) is 0 Å². The van der Waals surface area contributed by atoms with Crippen LogP contribution >= 0.6 is 11.8 Å². The molecule has 3 N–H and O–H groups in total. The molecule has 1 heterocycles. The van der Waals surface area contributed by atoms with Gasteiger partial charge in [0, 0.05) is 17.6 Å². The summed E-state index contributed by atoms with van der Waals surface area (Å²) in [5, 5.41) is 4.63. The van der Waals surface area contributed by atoms with Gasteiger partial charge in [0.15, 0.2) is 15.0 Å². The molecule has 1 rings (SSSR count). The van der Waals surface area contributed by atoms with Crippen molar-refractivity contribution in [3.05, 3.63) is 11.5 Å². The summed E-state index contributed by atoms with van der Waals surface area (Å²) in [4.78, 5) is 10.5. The van der Waals surface area contributed by atoms with Crippen LogP contribution in [0.5, 0.6) is 0 Å². The van der Waals surface area contributed by atoms with Crippen LogP contribution in [0.1, 0.15) is 6.92 Å². The first kappa shape index (κ1) is 12.1. The van der Waals surface area contributed by atoms with Gasteiger partial charge in [-0.15, -0.1) is 5.10 Å². The lowest BCUT2D eigenvalue weighted by molar-refractivity contribution is -0.118. The van der Waals surface area contributed by atoms with Crippen molar-refractivity contribution in [3.8, 4) is 0 Å². The van der Waals surface area contributed by atoms with Gasteiger partial charge in [0.2, 0.25) is 5.91 Å². The van der Waals surface area contributed by atoms with Gasteiger partial charge < -0.3 is 5.73 Å². The van der Waals surface area contributed by atoms with E-state index in [9.17, 15) is 13.2 Å². The summed E-state index contributed by atoms with van der Waals surface area (Å²) in [6.07, 6.45) is 1.55. The summed E-state index contributed by atoms with van der Waals surface area (Å²) in [6.45, 7) is 1.31. The number of sulfone groups is 1. The van der Waals surface area contributed by atoms with E-state index in [1.165, 1.54) is 6.92 Å². The number of amidine groups is 1. The lowest BCUT2D eigenvalue weighted by atomic mass is 10.5. The number of nitrogens with two attached hydrogens (primary N) is 1. The van der Waals surface area contributed by atoms with Gasteiger partial charge in [-0.2, -0.15) is 0 Å². The zero-order valence-electron chi connectivity index (χ0n) is 8.00. The van der Waals surface area contributed by atoms with Crippen LogP contribution in [0.15, 0.2) is 16.6 Å². The zero-order valence-corrected chi connectivity index (χ0v) is 9.64. The van der Waals surface area contributed by atoms with Crippen LogP contribution in [-0.4, -0.2) is 30.5 Å². The van der Waals surface area contributed by atoms with E-state index in [2.05, 4.69) is 10.5 Å². The summed E-state index contributed by atoms with van der Waals surface area (Å²) >= 11 is 1.10. The zero-order chi connectivity index (χ0) is 11.5. The standard InChI is InChI=1S/C7H11N3O3S2/c1-5(11)9-10-7(8)14-6-2-3-15(12,13)4-6/h2-3,6H,4H2,1H3,(H2,8,10)(H,9,11). The second kappa shape index (κ2) is 4.67. The van der Waals surface area contributed by atoms with E-state index in [4.69, 9.17) is 5.73 Å². The Balaban J connectivity index is 2.47. The van der Waals surface area contributed by atoms with Crippen LogP contribution in [0, 0.1) is 0 Å². The topological polar surface area (TPSA) is 102 Å². The average molecular weight is 249 g/mol. The fraction of sp³-hybridized carbons (Fsp3) is 0.429. The minimum Gasteiger partial charge on any atom is -0.377 e. The number of thioether (sulfide) groups is 1. The van der Waals surface area contributed by atoms with Crippen LogP contribution in [0.25, 0.3) is 0 Å². The molecule has 0 aliphatic carbocycles. The van der Waals surface area contributed by atoms with Gasteiger partial charge in [-0.25, -0.2) is 13.8 Å². The monoisotopic (exact) mass is 249 g/mol. The van der Waals surface area contributed by atoms with Crippen molar-refractivity contribution in [2.45, 2.75) is 12.2 Å². The number of nitrogens with one attached hydrogen (secondary N) is 1. The number of carbonyl (C=O) groups is 1. The van der Waals surface area contributed by atoms with E-state index < -0.39 is 9.84 Å². The maximum Gasteiger partial charge on any atom is 0.237 e. The minimum atomic E-state index is -3.07. The van der Waals surface area contributed by atoms with Gasteiger partial charge >= 0.3 is 0 Å². The van der Waals surface area contributed by atoms with Crippen molar-refractivity contribution in [1.29, 1.82) is 0 Å². The van der Waals surface area contributed by atoms with Gasteiger partial charge in [-0.1, -0.05) is 17.8 Å². The van der Waals surface area contributed by atoms with Gasteiger partial charge in [0.25, 0.3) is 0 Å². The molecular formula is C7H11N3O3S2. The summed E-state index contributed by atoms with van der Waals surface area (Å²) in [7, 11) is -3.07. The molecule has 8 heteroatoms. The predicted molar refractivity (Wildman–Crippen MR) is 59.7 cm³/mol. The molecule has 0 saturated carbocycles. The Kier molecular flexibility index (Phi) is 3.75. The van der Waals surface area contributed by atoms with Crippen LogP contribution < -0.4 is 11.2 Å². The number of hydrazone groups is 1. The van der Waals surface area contributed by atoms with Crippen molar-refractivity contribution in [3.63, 3.8) is 0 Å². The molecule has 0 radical (unpaired) electrons. The Morgan fingerprint density at radius 3 is 2.80 bits per heavy atom. The number of amides is 1. The van der Waals surface area contributed by atoms with Gasteiger partial charge in [0.1, 0.15) is 0 Å². The molecule has 0 aromatic carbocycles. The highest BCUT2D eigenvalue weighted by Gasteiger charge is 2.23. The second-order valence-corrected chi connectivity index (χ2v) is 6.12. The van der Waals surface area contributed by atoms with Gasteiger partial charge in [0.05, 0.1) is 5.75 Å². The van der Waals surface area contributed by atoms with Gasteiger partial charge in [-0.3, -0.25) is 4.79 Å². The Morgan fingerprint density at radius 2 is 2.33 bits per heavy atom. The predicted octanol–water partition coefficient (Wildman–Crippen LogP) is -0.604.